The van der Waals surface area contributed by atoms with Crippen molar-refractivity contribution in [1.29, 1.82) is 0 Å². The largest absolute Gasteiger partial charge is 0.320 e. The lowest BCUT2D eigenvalue weighted by molar-refractivity contribution is 0.186. The lowest BCUT2D eigenvalue weighted by atomic mass is 10.1. The van der Waals surface area contributed by atoms with E-state index < -0.39 is 0 Å². The van der Waals surface area contributed by atoms with Crippen molar-refractivity contribution in [3.8, 4) is 0 Å². The molecule has 0 aliphatic heterocycles. The molecule has 0 radical (unpaired) electrons. The van der Waals surface area contributed by atoms with E-state index in [2.05, 4.69) is 37.4 Å². The van der Waals surface area contributed by atoms with Crippen molar-refractivity contribution in [1.82, 2.24) is 10.2 Å². The molecular formula is C11H26N2S. The van der Waals surface area contributed by atoms with E-state index in [0.29, 0.717) is 6.04 Å². The first kappa shape index (κ1) is 14.3. The zero-order valence-electron chi connectivity index (χ0n) is 10.3. The Labute approximate surface area is 93.8 Å². The minimum Gasteiger partial charge on any atom is -0.320 e. The van der Waals surface area contributed by atoms with Crippen molar-refractivity contribution >= 4 is 11.8 Å². The molecule has 3 heteroatoms. The molecule has 0 saturated heterocycles. The van der Waals surface area contributed by atoms with Gasteiger partial charge in [0.15, 0.2) is 0 Å². The van der Waals surface area contributed by atoms with Crippen LogP contribution in [-0.4, -0.2) is 49.6 Å². The van der Waals surface area contributed by atoms with Crippen LogP contribution in [0.1, 0.15) is 26.7 Å². The van der Waals surface area contributed by atoms with Crippen LogP contribution in [0.15, 0.2) is 0 Å². The zero-order chi connectivity index (χ0) is 11.0. The van der Waals surface area contributed by atoms with Crippen LogP contribution in [0.2, 0.25) is 0 Å². The van der Waals surface area contributed by atoms with Gasteiger partial charge >= 0.3 is 0 Å². The molecule has 2 nitrogen and oxygen atoms in total. The van der Waals surface area contributed by atoms with Crippen LogP contribution in [0.25, 0.3) is 0 Å². The van der Waals surface area contributed by atoms with Crippen LogP contribution in [0.4, 0.5) is 0 Å². The summed E-state index contributed by atoms with van der Waals surface area (Å²) in [7, 11) is 4.27. The Kier molecular flexibility index (Phi) is 8.73. The average molecular weight is 218 g/mol. The fourth-order valence-electron chi connectivity index (χ4n) is 1.63. The Balaban J connectivity index is 3.91. The maximum Gasteiger partial charge on any atom is 0.0183 e. The number of nitrogens with one attached hydrogen (secondary N) is 1. The summed E-state index contributed by atoms with van der Waals surface area (Å²) in [5, 5.41) is 3.21. The highest BCUT2D eigenvalue weighted by Gasteiger charge is 2.16. The molecule has 0 saturated carbocycles. The molecule has 0 aromatic carbocycles. The second-order valence-electron chi connectivity index (χ2n) is 3.92. The lowest BCUT2D eigenvalue weighted by Crippen LogP contribution is -2.40. The van der Waals surface area contributed by atoms with Crippen LogP contribution in [0.5, 0.6) is 0 Å². The van der Waals surface area contributed by atoms with Gasteiger partial charge in [0, 0.05) is 17.8 Å². The average Bonchev–Trinajstić information content (AvgIpc) is 2.21. The minimum absolute atomic E-state index is 0.680. The minimum atomic E-state index is 0.680. The highest BCUT2D eigenvalue weighted by atomic mass is 32.2. The molecule has 0 amide bonds. The van der Waals surface area contributed by atoms with E-state index >= 15 is 0 Å². The standard InChI is InChI=1S/C11H26N2S/c1-6-11(9-14-5)13(4)10(2)7-8-12-3/h10-12H,6-9H2,1-5H3. The summed E-state index contributed by atoms with van der Waals surface area (Å²) in [6, 6.07) is 1.41. The molecule has 0 rings (SSSR count). The van der Waals surface area contributed by atoms with Gasteiger partial charge in [-0.1, -0.05) is 6.92 Å². The molecule has 0 aliphatic carbocycles. The Bertz CT molecular complexity index is 130. The smallest absolute Gasteiger partial charge is 0.0183 e. The third kappa shape index (κ3) is 5.23. The Morgan fingerprint density at radius 2 is 2.07 bits per heavy atom. The van der Waals surface area contributed by atoms with Crippen LogP contribution in [0, 0.1) is 0 Å². The Morgan fingerprint density at radius 3 is 2.50 bits per heavy atom. The molecule has 2 unspecified atom stereocenters. The molecule has 0 spiro atoms. The highest BCUT2D eigenvalue weighted by Crippen LogP contribution is 2.12. The molecule has 1 N–H and O–H groups in total. The Hall–Kier alpha value is 0.270. The predicted octanol–water partition coefficient (Wildman–Crippen LogP) is 2.06. The number of rotatable bonds is 8. The molecular weight excluding hydrogens is 192 g/mol. The molecule has 0 bridgehead atoms. The second kappa shape index (κ2) is 8.57. The fourth-order valence-corrected chi connectivity index (χ4v) is 2.49. The lowest BCUT2D eigenvalue weighted by Gasteiger charge is -2.32. The number of thioether (sulfide) groups is 1. The van der Waals surface area contributed by atoms with Gasteiger partial charge in [0.1, 0.15) is 0 Å². The third-order valence-electron chi connectivity index (χ3n) is 2.91. The van der Waals surface area contributed by atoms with Gasteiger partial charge in [-0.2, -0.15) is 11.8 Å². The van der Waals surface area contributed by atoms with E-state index in [-0.39, 0.29) is 0 Å². The molecule has 0 fully saturated rings. The van der Waals surface area contributed by atoms with Gasteiger partial charge in [-0.25, -0.2) is 0 Å². The normalized spacial score (nSPS) is 15.9. The van der Waals surface area contributed by atoms with E-state index in [1.54, 1.807) is 0 Å². The number of hydrogen-bond donors (Lipinski definition) is 1. The summed E-state index contributed by atoms with van der Waals surface area (Å²) in [4.78, 5) is 2.52. The predicted molar refractivity (Wildman–Crippen MR) is 68.2 cm³/mol. The van der Waals surface area contributed by atoms with Crippen molar-refractivity contribution in [3.05, 3.63) is 0 Å². The van der Waals surface area contributed by atoms with Crippen molar-refractivity contribution in [2.75, 3.05) is 32.6 Å². The molecule has 2 atom stereocenters. The maximum absolute atomic E-state index is 3.21. The summed E-state index contributed by atoms with van der Waals surface area (Å²) in [5.41, 5.74) is 0. The monoisotopic (exact) mass is 218 g/mol. The van der Waals surface area contributed by atoms with Crippen LogP contribution < -0.4 is 5.32 Å². The van der Waals surface area contributed by atoms with Crippen molar-refractivity contribution in [2.45, 2.75) is 38.8 Å². The number of hydrogen-bond acceptors (Lipinski definition) is 3. The van der Waals surface area contributed by atoms with E-state index in [1.165, 1.54) is 18.6 Å². The molecule has 0 aliphatic rings. The molecule has 0 heterocycles. The van der Waals surface area contributed by atoms with Gasteiger partial charge in [-0.05, 0) is 46.7 Å². The van der Waals surface area contributed by atoms with E-state index in [1.807, 2.05) is 18.8 Å². The summed E-state index contributed by atoms with van der Waals surface area (Å²) in [6.07, 6.45) is 4.67. The highest BCUT2D eigenvalue weighted by molar-refractivity contribution is 7.98. The third-order valence-corrected chi connectivity index (χ3v) is 3.63. The van der Waals surface area contributed by atoms with Crippen LogP contribution >= 0.6 is 11.8 Å². The molecule has 14 heavy (non-hydrogen) atoms. The first-order valence-electron chi connectivity index (χ1n) is 5.52. The summed E-state index contributed by atoms with van der Waals surface area (Å²) in [5.74, 6) is 1.25. The van der Waals surface area contributed by atoms with Gasteiger partial charge in [0.05, 0.1) is 0 Å². The van der Waals surface area contributed by atoms with Crippen molar-refractivity contribution in [3.63, 3.8) is 0 Å². The van der Waals surface area contributed by atoms with E-state index in [4.69, 9.17) is 0 Å². The topological polar surface area (TPSA) is 15.3 Å². The Morgan fingerprint density at radius 1 is 1.43 bits per heavy atom. The molecule has 86 valence electrons. The first-order chi connectivity index (χ1) is 6.67. The zero-order valence-corrected chi connectivity index (χ0v) is 11.2. The fraction of sp³-hybridized carbons (Fsp3) is 1.00. The maximum atomic E-state index is 3.21. The summed E-state index contributed by atoms with van der Waals surface area (Å²) in [6.45, 7) is 5.71. The van der Waals surface area contributed by atoms with E-state index in [9.17, 15) is 0 Å². The summed E-state index contributed by atoms with van der Waals surface area (Å²) >= 11 is 1.95. The number of nitrogens with zero attached hydrogens (tertiary/aromatic N) is 1. The van der Waals surface area contributed by atoms with Crippen LogP contribution in [-0.2, 0) is 0 Å². The van der Waals surface area contributed by atoms with Crippen LogP contribution in [0.3, 0.4) is 0 Å². The molecule has 0 aromatic heterocycles. The molecule has 0 aromatic rings. The van der Waals surface area contributed by atoms with Gasteiger partial charge in [0.25, 0.3) is 0 Å². The van der Waals surface area contributed by atoms with Gasteiger partial charge in [-0.15, -0.1) is 0 Å². The quantitative estimate of drug-likeness (QED) is 0.671. The van der Waals surface area contributed by atoms with Gasteiger partial charge in [0.2, 0.25) is 0 Å². The summed E-state index contributed by atoms with van der Waals surface area (Å²) < 4.78 is 0. The van der Waals surface area contributed by atoms with E-state index in [0.717, 1.165) is 12.6 Å². The first-order valence-corrected chi connectivity index (χ1v) is 6.92. The second-order valence-corrected chi connectivity index (χ2v) is 4.83. The van der Waals surface area contributed by atoms with Gasteiger partial charge in [-0.3, -0.25) is 4.90 Å². The van der Waals surface area contributed by atoms with Gasteiger partial charge < -0.3 is 5.32 Å². The van der Waals surface area contributed by atoms with Crippen molar-refractivity contribution in [2.24, 2.45) is 0 Å². The SMILES string of the molecule is CCC(CSC)N(C)C(C)CCNC. The van der Waals surface area contributed by atoms with Crippen molar-refractivity contribution < 1.29 is 0 Å².